The third kappa shape index (κ3) is 5.37. The highest BCUT2D eigenvalue weighted by Gasteiger charge is 2.70. The van der Waals surface area contributed by atoms with E-state index in [2.05, 4.69) is 0 Å². The van der Waals surface area contributed by atoms with E-state index < -0.39 is 86.4 Å². The van der Waals surface area contributed by atoms with Crippen molar-refractivity contribution >= 4 is 32.9 Å². The van der Waals surface area contributed by atoms with Gasteiger partial charge in [-0.2, -0.15) is 13.2 Å². The van der Waals surface area contributed by atoms with Crippen molar-refractivity contribution in [3.8, 4) is 0 Å². The number of hydrogen-bond acceptors (Lipinski definition) is 8. The molecule has 1 atom stereocenters. The summed E-state index contributed by atoms with van der Waals surface area (Å²) in [5.41, 5.74) is -5.07. The van der Waals surface area contributed by atoms with Gasteiger partial charge < -0.3 is 9.47 Å². The smallest absolute Gasteiger partial charge is 0.406 e. The Hall–Kier alpha value is -4.01. The largest absolute Gasteiger partial charge is 0.465 e. The molecule has 2 aromatic carbocycles. The minimum Gasteiger partial charge on any atom is -0.465 e. The number of hydrogen-bond donors (Lipinski definition) is 0. The third-order valence-corrected chi connectivity index (χ3v) is 7.90. The van der Waals surface area contributed by atoms with Crippen molar-refractivity contribution in [3.05, 3.63) is 75.7 Å². The highest BCUT2D eigenvalue weighted by atomic mass is 32.2. The molecule has 0 saturated heterocycles. The van der Waals surface area contributed by atoms with Crippen LogP contribution in [0.25, 0.3) is 10.9 Å². The van der Waals surface area contributed by atoms with E-state index in [9.17, 15) is 32.5 Å². The average molecular weight is 589 g/mol. The molecule has 1 aromatic heterocycles. The second-order valence-corrected chi connectivity index (χ2v) is 10.5. The van der Waals surface area contributed by atoms with Gasteiger partial charge in [0.15, 0.2) is 11.3 Å². The van der Waals surface area contributed by atoms with Crippen LogP contribution in [0.15, 0.2) is 53.6 Å². The van der Waals surface area contributed by atoms with E-state index in [4.69, 9.17) is 9.47 Å². The second kappa shape index (κ2) is 11.2. The van der Waals surface area contributed by atoms with Crippen molar-refractivity contribution in [1.82, 2.24) is 3.97 Å². The molecule has 0 fully saturated rings. The Labute approximate surface area is 225 Å². The lowest BCUT2D eigenvalue weighted by Crippen LogP contribution is -2.58. The maximum Gasteiger partial charge on any atom is 0.406 e. The SMILES string of the molecule is CCOC(=O)C(C(=O)OCC)[C@](C[N+](=O)[O-])(c1cn(S(=O)(=O)c2ccc(C)cc2)c2cc(F)ccc12)C(F)(F)F. The van der Waals surface area contributed by atoms with Gasteiger partial charge in [0.05, 0.1) is 23.6 Å². The van der Waals surface area contributed by atoms with Crippen molar-refractivity contribution in [2.75, 3.05) is 19.8 Å². The molecule has 0 aliphatic carbocycles. The summed E-state index contributed by atoms with van der Waals surface area (Å²) < 4.78 is 96.8. The number of halogens is 4. The molecule has 216 valence electrons. The molecule has 0 radical (unpaired) electrons. The van der Waals surface area contributed by atoms with Crippen LogP contribution < -0.4 is 0 Å². The van der Waals surface area contributed by atoms with E-state index in [1.54, 1.807) is 6.92 Å². The van der Waals surface area contributed by atoms with E-state index in [0.29, 0.717) is 27.9 Å². The fourth-order valence-corrected chi connectivity index (χ4v) is 5.80. The number of fused-ring (bicyclic) bond motifs is 1. The number of nitrogens with zero attached hydrogens (tertiary/aromatic N) is 2. The van der Waals surface area contributed by atoms with Crippen molar-refractivity contribution in [2.24, 2.45) is 5.92 Å². The Morgan fingerprint density at radius 3 is 2.05 bits per heavy atom. The standard InChI is InChI=1S/C25H24F4N2O8S/c1-4-38-22(32)21(23(33)39-5-2)24(14-31(34)35,25(27,28)29)19-13-30(20-12-16(26)8-11-18(19)20)40(36,37)17-9-6-15(3)7-10-17/h6-13,21H,4-5,14H2,1-3H3/t24-/m0/s1. The van der Waals surface area contributed by atoms with Gasteiger partial charge in [0.1, 0.15) is 5.82 Å². The van der Waals surface area contributed by atoms with Gasteiger partial charge >= 0.3 is 18.1 Å². The van der Waals surface area contributed by atoms with Gasteiger partial charge in [0, 0.05) is 22.1 Å². The van der Waals surface area contributed by atoms with Crippen LogP contribution in [0.3, 0.4) is 0 Å². The Bertz CT molecular complexity index is 1530. The fourth-order valence-electron chi connectivity index (χ4n) is 4.44. The van der Waals surface area contributed by atoms with Crippen molar-refractivity contribution < 1.29 is 50.0 Å². The quantitative estimate of drug-likeness (QED) is 0.113. The highest BCUT2D eigenvalue weighted by molar-refractivity contribution is 7.90. The third-order valence-electron chi connectivity index (χ3n) is 6.21. The van der Waals surface area contributed by atoms with Crippen molar-refractivity contribution in [1.29, 1.82) is 0 Å². The molecule has 1 heterocycles. The van der Waals surface area contributed by atoms with Crippen LogP contribution in [0.4, 0.5) is 17.6 Å². The number of ether oxygens (including phenoxy) is 2. The van der Waals surface area contributed by atoms with Crippen LogP contribution in [-0.4, -0.2) is 55.2 Å². The summed E-state index contributed by atoms with van der Waals surface area (Å²) in [5.74, 6) is -7.55. The molecule has 3 rings (SSSR count). The minimum atomic E-state index is -5.73. The van der Waals surface area contributed by atoms with Gasteiger partial charge in [-0.3, -0.25) is 19.7 Å². The van der Waals surface area contributed by atoms with Gasteiger partial charge in [-0.1, -0.05) is 17.7 Å². The lowest BCUT2D eigenvalue weighted by molar-refractivity contribution is -0.503. The van der Waals surface area contributed by atoms with E-state index in [0.717, 1.165) is 6.07 Å². The Morgan fingerprint density at radius 1 is 1.02 bits per heavy atom. The Kier molecular flexibility index (Phi) is 8.57. The van der Waals surface area contributed by atoms with E-state index in [1.807, 2.05) is 0 Å². The first kappa shape index (κ1) is 30.5. The summed E-state index contributed by atoms with van der Waals surface area (Å²) in [6, 6.07) is 7.31. The van der Waals surface area contributed by atoms with Crippen LogP contribution in [-0.2, 0) is 34.5 Å². The number of esters is 2. The number of carbonyl (C=O) groups is 2. The molecule has 0 N–H and O–H groups in total. The average Bonchev–Trinajstić information content (AvgIpc) is 3.23. The molecular weight excluding hydrogens is 564 g/mol. The summed E-state index contributed by atoms with van der Waals surface area (Å²) in [6.45, 7) is 1.08. The van der Waals surface area contributed by atoms with Crippen LogP contribution in [0, 0.1) is 28.8 Å². The van der Waals surface area contributed by atoms with Gasteiger partial charge in [0.25, 0.3) is 10.0 Å². The molecule has 0 bridgehead atoms. The molecule has 0 aliphatic heterocycles. The number of rotatable bonds is 10. The highest BCUT2D eigenvalue weighted by Crippen LogP contribution is 2.51. The predicted octanol–water partition coefficient (Wildman–Crippen LogP) is 4.15. The normalized spacial score (nSPS) is 13.7. The van der Waals surface area contributed by atoms with Gasteiger partial charge in [0.2, 0.25) is 6.54 Å². The van der Waals surface area contributed by atoms with Crippen molar-refractivity contribution in [2.45, 2.75) is 37.3 Å². The van der Waals surface area contributed by atoms with E-state index in [-0.39, 0.29) is 4.90 Å². The summed E-state index contributed by atoms with van der Waals surface area (Å²) in [4.78, 5) is 35.8. The molecule has 40 heavy (non-hydrogen) atoms. The molecule has 0 aliphatic rings. The van der Waals surface area contributed by atoms with Gasteiger partial charge in [-0.25, -0.2) is 16.8 Å². The first-order valence-corrected chi connectivity index (χ1v) is 13.2. The van der Waals surface area contributed by atoms with Crippen LogP contribution >= 0.6 is 0 Å². The number of benzene rings is 2. The predicted molar refractivity (Wildman–Crippen MR) is 132 cm³/mol. The number of alkyl halides is 3. The van der Waals surface area contributed by atoms with Gasteiger partial charge in [-0.15, -0.1) is 0 Å². The van der Waals surface area contributed by atoms with Crippen molar-refractivity contribution in [3.63, 3.8) is 0 Å². The Balaban J connectivity index is 2.54. The summed E-state index contributed by atoms with van der Waals surface area (Å²) >= 11 is 0. The molecule has 0 amide bonds. The van der Waals surface area contributed by atoms with Crippen LogP contribution in [0.1, 0.15) is 25.0 Å². The second-order valence-electron chi connectivity index (χ2n) is 8.72. The molecule has 15 heteroatoms. The maximum absolute atomic E-state index is 15.2. The molecular formula is C25H24F4N2O8S. The van der Waals surface area contributed by atoms with E-state index >= 15 is 13.2 Å². The zero-order valence-corrected chi connectivity index (χ0v) is 22.2. The fraction of sp³-hybridized carbons (Fsp3) is 0.360. The lowest BCUT2D eigenvalue weighted by atomic mass is 9.69. The summed E-state index contributed by atoms with van der Waals surface area (Å²) in [6.07, 6.45) is -5.31. The minimum absolute atomic E-state index is 0.333. The molecule has 0 saturated carbocycles. The van der Waals surface area contributed by atoms with Crippen LogP contribution in [0.2, 0.25) is 0 Å². The number of aryl methyl sites for hydroxylation is 1. The van der Waals surface area contributed by atoms with Gasteiger partial charge in [-0.05, 0) is 51.1 Å². The molecule has 10 nitrogen and oxygen atoms in total. The Morgan fingerprint density at radius 2 is 1.57 bits per heavy atom. The summed E-state index contributed by atoms with van der Waals surface area (Å²) in [7, 11) is -4.72. The molecule has 0 spiro atoms. The molecule has 3 aromatic rings. The number of nitro groups is 1. The first-order valence-electron chi connectivity index (χ1n) is 11.8. The number of carbonyl (C=O) groups excluding carboxylic acids is 2. The maximum atomic E-state index is 15.2. The monoisotopic (exact) mass is 588 g/mol. The lowest BCUT2D eigenvalue weighted by Gasteiger charge is -2.36. The van der Waals surface area contributed by atoms with E-state index in [1.165, 1.54) is 38.1 Å². The first-order chi connectivity index (χ1) is 18.6. The van der Waals surface area contributed by atoms with Crippen LogP contribution in [0.5, 0.6) is 0 Å². The summed E-state index contributed by atoms with van der Waals surface area (Å²) in [5, 5.41) is 11.2. The topological polar surface area (TPSA) is 135 Å². The molecule has 0 unspecified atom stereocenters. The zero-order chi connectivity index (χ0) is 30.0. The number of aromatic nitrogens is 1. The zero-order valence-electron chi connectivity index (χ0n) is 21.4.